The van der Waals surface area contributed by atoms with E-state index in [-0.39, 0.29) is 0 Å². The molecule has 2 rings (SSSR count). The predicted octanol–water partition coefficient (Wildman–Crippen LogP) is 2.94. The molecule has 1 aromatic heterocycles. The van der Waals surface area contributed by atoms with Crippen molar-refractivity contribution in [2.45, 2.75) is 13.3 Å². The third kappa shape index (κ3) is 2.34. The molecule has 1 aliphatic rings. The minimum absolute atomic E-state index is 0.713. The molecule has 0 fully saturated rings. The fourth-order valence-corrected chi connectivity index (χ4v) is 1.70. The lowest BCUT2D eigenvalue weighted by Gasteiger charge is -2.00. The average Bonchev–Trinajstić information content (AvgIpc) is 2.52. The normalized spacial score (nSPS) is 15.7. The van der Waals surface area contributed by atoms with E-state index in [9.17, 15) is 4.79 Å². The first-order valence-corrected chi connectivity index (χ1v) is 5.24. The highest BCUT2D eigenvalue weighted by Gasteiger charge is 2.04. The van der Waals surface area contributed by atoms with E-state index in [2.05, 4.69) is 11.1 Å². The molecular weight excluding hydrogens is 198 g/mol. The van der Waals surface area contributed by atoms with Crippen LogP contribution in [-0.2, 0) is 4.79 Å². The molecule has 1 aromatic rings. The van der Waals surface area contributed by atoms with E-state index in [4.69, 9.17) is 0 Å². The molecule has 0 atom stereocenters. The summed E-state index contributed by atoms with van der Waals surface area (Å²) >= 11 is 0. The van der Waals surface area contributed by atoms with Gasteiger partial charge in [-0.2, -0.15) is 0 Å². The van der Waals surface area contributed by atoms with Gasteiger partial charge >= 0.3 is 0 Å². The number of nitrogens with zero attached hydrogens (tertiary/aromatic N) is 1. The molecule has 1 heterocycles. The monoisotopic (exact) mass is 211 g/mol. The van der Waals surface area contributed by atoms with Crippen LogP contribution in [0, 0.1) is 0 Å². The highest BCUT2D eigenvalue weighted by molar-refractivity contribution is 5.86. The number of hydrogen-bond donors (Lipinski definition) is 0. The number of carbonyl (C=O) groups is 1. The summed E-state index contributed by atoms with van der Waals surface area (Å²) in [4.78, 5) is 15.0. The third-order valence-electron chi connectivity index (χ3n) is 2.51. The van der Waals surface area contributed by atoms with Crippen LogP contribution in [0.15, 0.2) is 53.9 Å². The summed E-state index contributed by atoms with van der Waals surface area (Å²) in [5, 5.41) is 0. The number of aromatic nitrogens is 1. The fraction of sp³-hybridized carbons (Fsp3) is 0.143. The maximum Gasteiger partial charge on any atom is 0.150 e. The summed E-state index contributed by atoms with van der Waals surface area (Å²) in [6.07, 6.45) is 11.3. The first-order valence-electron chi connectivity index (χ1n) is 5.24. The molecule has 0 saturated carbocycles. The van der Waals surface area contributed by atoms with Gasteiger partial charge in [-0.25, -0.2) is 0 Å². The summed E-state index contributed by atoms with van der Waals surface area (Å²) < 4.78 is 0. The van der Waals surface area contributed by atoms with Crippen molar-refractivity contribution in [2.75, 3.05) is 0 Å². The van der Waals surface area contributed by atoms with Gasteiger partial charge in [0.15, 0.2) is 0 Å². The SMILES string of the molecule is CC1=CC(C=O)=CC(c2cccnc2)=CC1. The van der Waals surface area contributed by atoms with Crippen LogP contribution >= 0.6 is 0 Å². The standard InChI is InChI=1S/C14H13NO/c1-11-4-5-13(8-12(7-11)10-16)14-3-2-6-15-9-14/h2-3,5-10H,4H2,1H3. The van der Waals surface area contributed by atoms with Crippen molar-refractivity contribution < 1.29 is 4.79 Å². The van der Waals surface area contributed by atoms with Crippen LogP contribution in [0.1, 0.15) is 18.9 Å². The molecule has 16 heavy (non-hydrogen) atoms. The van der Waals surface area contributed by atoms with Crippen molar-refractivity contribution in [2.24, 2.45) is 0 Å². The quantitative estimate of drug-likeness (QED) is 0.704. The van der Waals surface area contributed by atoms with Gasteiger partial charge in [-0.1, -0.05) is 23.8 Å². The highest BCUT2D eigenvalue weighted by Crippen LogP contribution is 2.22. The summed E-state index contributed by atoms with van der Waals surface area (Å²) in [5.74, 6) is 0. The van der Waals surface area contributed by atoms with Crippen LogP contribution in [0.3, 0.4) is 0 Å². The van der Waals surface area contributed by atoms with Crippen LogP contribution in [0.5, 0.6) is 0 Å². The zero-order chi connectivity index (χ0) is 11.4. The molecule has 0 amide bonds. The Morgan fingerprint density at radius 1 is 1.38 bits per heavy atom. The van der Waals surface area contributed by atoms with Crippen LogP contribution in [0.4, 0.5) is 0 Å². The Kier molecular flexibility index (Phi) is 3.10. The van der Waals surface area contributed by atoms with E-state index in [0.717, 1.165) is 23.8 Å². The van der Waals surface area contributed by atoms with Gasteiger partial charge in [0.05, 0.1) is 0 Å². The van der Waals surface area contributed by atoms with Gasteiger partial charge in [0, 0.05) is 18.0 Å². The minimum atomic E-state index is 0.713. The molecule has 2 heteroatoms. The van der Waals surface area contributed by atoms with E-state index in [1.807, 2.05) is 37.4 Å². The van der Waals surface area contributed by atoms with Crippen molar-refractivity contribution in [3.63, 3.8) is 0 Å². The Labute approximate surface area is 95.0 Å². The molecule has 1 aliphatic carbocycles. The van der Waals surface area contributed by atoms with Gasteiger partial charge in [0.2, 0.25) is 0 Å². The number of aldehydes is 1. The maximum atomic E-state index is 10.9. The number of hydrogen-bond acceptors (Lipinski definition) is 2. The van der Waals surface area contributed by atoms with Gasteiger partial charge in [0.1, 0.15) is 6.29 Å². The summed E-state index contributed by atoms with van der Waals surface area (Å²) in [6.45, 7) is 2.03. The number of pyridine rings is 1. The second-order valence-corrected chi connectivity index (χ2v) is 3.86. The third-order valence-corrected chi connectivity index (χ3v) is 2.51. The average molecular weight is 211 g/mol. The zero-order valence-electron chi connectivity index (χ0n) is 9.18. The largest absolute Gasteiger partial charge is 0.298 e. The molecule has 2 nitrogen and oxygen atoms in total. The molecule has 0 bridgehead atoms. The lowest BCUT2D eigenvalue weighted by molar-refractivity contribution is -0.104. The molecule has 0 spiro atoms. The molecule has 0 unspecified atom stereocenters. The van der Waals surface area contributed by atoms with Gasteiger partial charge in [-0.3, -0.25) is 9.78 Å². The summed E-state index contributed by atoms with van der Waals surface area (Å²) in [5.41, 5.74) is 4.01. The van der Waals surface area contributed by atoms with Crippen molar-refractivity contribution >= 4 is 11.9 Å². The molecule has 0 aliphatic heterocycles. The van der Waals surface area contributed by atoms with Crippen LogP contribution in [0.2, 0.25) is 0 Å². The minimum Gasteiger partial charge on any atom is -0.298 e. The van der Waals surface area contributed by atoms with E-state index in [1.165, 1.54) is 5.57 Å². The first kappa shape index (κ1) is 10.6. The summed E-state index contributed by atoms with van der Waals surface area (Å²) in [6, 6.07) is 3.90. The molecule has 80 valence electrons. The Morgan fingerprint density at radius 2 is 2.25 bits per heavy atom. The Balaban J connectivity index is 2.41. The van der Waals surface area contributed by atoms with E-state index in [1.54, 1.807) is 6.20 Å². The first-order chi connectivity index (χ1) is 7.79. The van der Waals surface area contributed by atoms with Crippen molar-refractivity contribution in [1.82, 2.24) is 4.98 Å². The van der Waals surface area contributed by atoms with Crippen molar-refractivity contribution in [3.8, 4) is 0 Å². The molecule has 0 N–H and O–H groups in total. The molecular formula is C14H13NO. The summed E-state index contributed by atoms with van der Waals surface area (Å²) in [7, 11) is 0. The molecule has 0 radical (unpaired) electrons. The Bertz CT molecular complexity index is 481. The number of carbonyl (C=O) groups excluding carboxylic acids is 1. The Hall–Kier alpha value is -1.96. The highest BCUT2D eigenvalue weighted by atomic mass is 16.1. The lowest BCUT2D eigenvalue weighted by atomic mass is 10.1. The van der Waals surface area contributed by atoms with E-state index in [0.29, 0.717) is 5.57 Å². The maximum absolute atomic E-state index is 10.9. The van der Waals surface area contributed by atoms with Gasteiger partial charge in [-0.05, 0) is 36.6 Å². The smallest absolute Gasteiger partial charge is 0.150 e. The van der Waals surface area contributed by atoms with Crippen LogP contribution in [0.25, 0.3) is 5.57 Å². The second-order valence-electron chi connectivity index (χ2n) is 3.86. The predicted molar refractivity (Wildman–Crippen MR) is 64.7 cm³/mol. The van der Waals surface area contributed by atoms with Crippen LogP contribution in [-0.4, -0.2) is 11.3 Å². The van der Waals surface area contributed by atoms with Gasteiger partial charge < -0.3 is 0 Å². The van der Waals surface area contributed by atoms with E-state index < -0.39 is 0 Å². The Morgan fingerprint density at radius 3 is 2.94 bits per heavy atom. The molecule has 0 saturated heterocycles. The van der Waals surface area contributed by atoms with Crippen LogP contribution < -0.4 is 0 Å². The van der Waals surface area contributed by atoms with E-state index >= 15 is 0 Å². The van der Waals surface area contributed by atoms with Crippen molar-refractivity contribution in [1.29, 1.82) is 0 Å². The van der Waals surface area contributed by atoms with Gasteiger partial charge in [0.25, 0.3) is 0 Å². The number of rotatable bonds is 2. The lowest BCUT2D eigenvalue weighted by Crippen LogP contribution is -1.84. The van der Waals surface area contributed by atoms with Crippen molar-refractivity contribution in [3.05, 3.63) is 59.5 Å². The van der Waals surface area contributed by atoms with Gasteiger partial charge in [-0.15, -0.1) is 0 Å². The topological polar surface area (TPSA) is 30.0 Å². The fourth-order valence-electron chi connectivity index (χ4n) is 1.70. The number of allylic oxidation sites excluding steroid dienone is 6. The molecule has 0 aromatic carbocycles. The zero-order valence-corrected chi connectivity index (χ0v) is 9.18. The second kappa shape index (κ2) is 4.71.